The lowest BCUT2D eigenvalue weighted by Gasteiger charge is -2.33. The lowest BCUT2D eigenvalue weighted by Crippen LogP contribution is -2.48. The van der Waals surface area contributed by atoms with E-state index in [4.69, 9.17) is 4.74 Å². The molecule has 2 unspecified atom stereocenters. The molecule has 0 spiro atoms. The number of hydrogen-bond donors (Lipinski definition) is 1. The summed E-state index contributed by atoms with van der Waals surface area (Å²) in [5, 5.41) is 2.56. The van der Waals surface area contributed by atoms with E-state index in [0.29, 0.717) is 18.6 Å². The van der Waals surface area contributed by atoms with Crippen molar-refractivity contribution in [1.82, 2.24) is 5.32 Å². The molecule has 0 aliphatic heterocycles. The highest BCUT2D eigenvalue weighted by atomic mass is 19.4. The van der Waals surface area contributed by atoms with Crippen LogP contribution in [-0.4, -0.2) is 25.2 Å². The minimum Gasteiger partial charge on any atom is -0.497 e. The number of nitrogens with one attached hydrogen (secondary N) is 1. The molecule has 2 atom stereocenters. The van der Waals surface area contributed by atoms with Crippen molar-refractivity contribution >= 4 is 5.91 Å². The first-order valence-electron chi connectivity index (χ1n) is 7.39. The van der Waals surface area contributed by atoms with Crippen LogP contribution in [-0.2, 0) is 11.2 Å². The highest BCUT2D eigenvalue weighted by Gasteiger charge is 2.45. The third-order valence-corrected chi connectivity index (χ3v) is 4.03. The van der Waals surface area contributed by atoms with E-state index in [-0.39, 0.29) is 18.7 Å². The maximum absolute atomic E-state index is 13.0. The Balaban J connectivity index is 1.97. The number of alkyl halides is 3. The van der Waals surface area contributed by atoms with E-state index < -0.39 is 18.1 Å². The van der Waals surface area contributed by atoms with Gasteiger partial charge in [0.25, 0.3) is 0 Å². The fourth-order valence-electron chi connectivity index (χ4n) is 2.92. The third kappa shape index (κ3) is 4.39. The van der Waals surface area contributed by atoms with Gasteiger partial charge >= 0.3 is 6.18 Å². The van der Waals surface area contributed by atoms with E-state index in [9.17, 15) is 18.0 Å². The number of hydrogen-bond acceptors (Lipinski definition) is 2. The number of halogens is 3. The molecule has 0 heterocycles. The van der Waals surface area contributed by atoms with E-state index in [1.165, 1.54) is 7.11 Å². The lowest BCUT2D eigenvalue weighted by molar-refractivity contribution is -0.189. The molecule has 1 aliphatic rings. The van der Waals surface area contributed by atoms with Gasteiger partial charge in [-0.3, -0.25) is 4.79 Å². The van der Waals surface area contributed by atoms with Gasteiger partial charge in [0.15, 0.2) is 0 Å². The Morgan fingerprint density at radius 1 is 1.32 bits per heavy atom. The predicted molar refractivity (Wildman–Crippen MR) is 76.6 cm³/mol. The van der Waals surface area contributed by atoms with Gasteiger partial charge in [-0.25, -0.2) is 0 Å². The van der Waals surface area contributed by atoms with Gasteiger partial charge < -0.3 is 10.1 Å². The summed E-state index contributed by atoms with van der Waals surface area (Å²) >= 11 is 0. The molecule has 1 fully saturated rings. The van der Waals surface area contributed by atoms with Crippen LogP contribution in [0.3, 0.4) is 0 Å². The zero-order valence-corrected chi connectivity index (χ0v) is 12.5. The molecule has 22 heavy (non-hydrogen) atoms. The van der Waals surface area contributed by atoms with Gasteiger partial charge in [-0.15, -0.1) is 0 Å². The Hall–Kier alpha value is -1.72. The first-order valence-corrected chi connectivity index (χ1v) is 7.39. The minimum atomic E-state index is -4.26. The molecule has 0 bridgehead atoms. The molecule has 1 aromatic rings. The predicted octanol–water partition coefficient (Wildman–Crippen LogP) is 3.48. The van der Waals surface area contributed by atoms with Gasteiger partial charge in [-0.1, -0.05) is 25.0 Å². The quantitative estimate of drug-likeness (QED) is 0.924. The van der Waals surface area contributed by atoms with Crippen LogP contribution in [0.5, 0.6) is 5.75 Å². The average Bonchev–Trinajstić information content (AvgIpc) is 2.46. The van der Waals surface area contributed by atoms with Crippen molar-refractivity contribution in [2.75, 3.05) is 7.11 Å². The monoisotopic (exact) mass is 315 g/mol. The number of benzene rings is 1. The van der Waals surface area contributed by atoms with E-state index in [1.54, 1.807) is 24.3 Å². The van der Waals surface area contributed by atoms with Crippen molar-refractivity contribution in [1.29, 1.82) is 0 Å². The summed E-state index contributed by atoms with van der Waals surface area (Å²) in [6, 6.07) is 6.15. The Morgan fingerprint density at radius 2 is 2.05 bits per heavy atom. The maximum atomic E-state index is 13.0. The van der Waals surface area contributed by atoms with Crippen LogP contribution in [0.1, 0.15) is 31.2 Å². The zero-order chi connectivity index (χ0) is 16.2. The highest BCUT2D eigenvalue weighted by Crippen LogP contribution is 2.37. The second-order valence-electron chi connectivity index (χ2n) is 5.63. The van der Waals surface area contributed by atoms with Crippen LogP contribution in [0, 0.1) is 5.92 Å². The molecule has 6 heteroatoms. The first kappa shape index (κ1) is 16.6. The molecule has 1 aromatic carbocycles. The number of amides is 1. The molecule has 3 nitrogen and oxygen atoms in total. The van der Waals surface area contributed by atoms with Crippen molar-refractivity contribution in [3.63, 3.8) is 0 Å². The molecular weight excluding hydrogens is 295 g/mol. The highest BCUT2D eigenvalue weighted by molar-refractivity contribution is 5.79. The largest absolute Gasteiger partial charge is 0.497 e. The fraction of sp³-hybridized carbons (Fsp3) is 0.562. The number of methoxy groups -OCH3 is 1. The van der Waals surface area contributed by atoms with Crippen molar-refractivity contribution < 1.29 is 22.7 Å². The van der Waals surface area contributed by atoms with Gasteiger partial charge in [0.1, 0.15) is 5.75 Å². The number of ether oxygens (including phenoxy) is 1. The second kappa shape index (κ2) is 7.03. The van der Waals surface area contributed by atoms with Gasteiger partial charge in [0.05, 0.1) is 19.4 Å². The molecule has 1 aliphatic carbocycles. The third-order valence-electron chi connectivity index (χ3n) is 4.03. The molecule has 0 saturated heterocycles. The van der Waals surface area contributed by atoms with Crippen LogP contribution in [0.2, 0.25) is 0 Å². The first-order chi connectivity index (χ1) is 10.4. The normalized spacial score (nSPS) is 22.2. The average molecular weight is 315 g/mol. The Morgan fingerprint density at radius 3 is 2.73 bits per heavy atom. The minimum absolute atomic E-state index is 0.0538. The number of carbonyl (C=O) groups excluding carboxylic acids is 1. The van der Waals surface area contributed by atoms with E-state index in [2.05, 4.69) is 5.32 Å². The van der Waals surface area contributed by atoms with Gasteiger partial charge in [-0.2, -0.15) is 13.2 Å². The van der Waals surface area contributed by atoms with Crippen LogP contribution >= 0.6 is 0 Å². The van der Waals surface area contributed by atoms with Gasteiger partial charge in [0.2, 0.25) is 5.91 Å². The molecule has 1 N–H and O–H groups in total. The summed E-state index contributed by atoms with van der Waals surface area (Å²) in [7, 11) is 1.52. The summed E-state index contributed by atoms with van der Waals surface area (Å²) in [5.74, 6) is -1.19. The summed E-state index contributed by atoms with van der Waals surface area (Å²) in [4.78, 5) is 12.0. The van der Waals surface area contributed by atoms with Crippen LogP contribution in [0.15, 0.2) is 24.3 Å². The Labute approximate surface area is 127 Å². The van der Waals surface area contributed by atoms with Gasteiger partial charge in [-0.05, 0) is 30.5 Å². The molecule has 0 aromatic heterocycles. The molecule has 1 saturated carbocycles. The lowest BCUT2D eigenvalue weighted by atomic mass is 9.84. The van der Waals surface area contributed by atoms with Crippen molar-refractivity contribution in [2.24, 2.45) is 5.92 Å². The molecule has 0 radical (unpaired) electrons. The zero-order valence-electron chi connectivity index (χ0n) is 12.5. The van der Waals surface area contributed by atoms with Crippen LogP contribution in [0.4, 0.5) is 13.2 Å². The van der Waals surface area contributed by atoms with E-state index in [1.807, 2.05) is 0 Å². The SMILES string of the molecule is COc1cccc(CC(=O)NC2CCCCC2C(F)(F)F)c1. The summed E-state index contributed by atoms with van der Waals surface area (Å²) in [6.45, 7) is 0. The van der Waals surface area contributed by atoms with Crippen LogP contribution in [0.25, 0.3) is 0 Å². The van der Waals surface area contributed by atoms with E-state index >= 15 is 0 Å². The summed E-state index contributed by atoms with van der Waals surface area (Å²) in [5.41, 5.74) is 0.719. The smallest absolute Gasteiger partial charge is 0.393 e. The summed E-state index contributed by atoms with van der Waals surface area (Å²) in [6.07, 6.45) is -2.45. The topological polar surface area (TPSA) is 38.3 Å². The number of rotatable bonds is 4. The molecule has 1 amide bonds. The molecule has 2 rings (SSSR count). The number of carbonyl (C=O) groups is 1. The van der Waals surface area contributed by atoms with Crippen molar-refractivity contribution in [2.45, 2.75) is 44.3 Å². The van der Waals surface area contributed by atoms with Crippen molar-refractivity contribution in [3.8, 4) is 5.75 Å². The second-order valence-corrected chi connectivity index (χ2v) is 5.63. The standard InChI is InChI=1S/C16H20F3NO2/c1-22-12-6-4-5-11(9-12)10-15(21)20-14-8-3-2-7-13(14)16(17,18)19/h4-6,9,13-14H,2-3,7-8,10H2,1H3,(H,20,21). The molecule has 122 valence electrons. The molecular formula is C16H20F3NO2. The maximum Gasteiger partial charge on any atom is 0.393 e. The Bertz CT molecular complexity index is 516. The van der Waals surface area contributed by atoms with Crippen LogP contribution < -0.4 is 10.1 Å². The summed E-state index contributed by atoms with van der Waals surface area (Å²) < 4.78 is 44.1. The van der Waals surface area contributed by atoms with Crippen molar-refractivity contribution in [3.05, 3.63) is 29.8 Å². The van der Waals surface area contributed by atoms with Gasteiger partial charge in [0, 0.05) is 6.04 Å². The Kier molecular flexibility index (Phi) is 5.32. The fourth-order valence-corrected chi connectivity index (χ4v) is 2.92. The van der Waals surface area contributed by atoms with E-state index in [0.717, 1.165) is 12.0 Å².